The third-order valence-electron chi connectivity index (χ3n) is 5.19. The van der Waals surface area contributed by atoms with Crippen LogP contribution >= 0.6 is 11.3 Å². The van der Waals surface area contributed by atoms with E-state index in [1.807, 2.05) is 0 Å². The Balaban J connectivity index is 1.35. The van der Waals surface area contributed by atoms with Crippen LogP contribution in [0.3, 0.4) is 0 Å². The Kier molecular flexibility index (Phi) is 11.0. The van der Waals surface area contributed by atoms with E-state index in [0.29, 0.717) is 29.2 Å². The maximum atomic E-state index is 12.4. The molecule has 0 aliphatic carbocycles. The molecule has 0 radical (unpaired) electrons. The van der Waals surface area contributed by atoms with E-state index in [9.17, 15) is 22.8 Å². The molecule has 0 unspecified atom stereocenters. The van der Waals surface area contributed by atoms with Crippen molar-refractivity contribution in [3.05, 3.63) is 88.6 Å². The Bertz CT molecular complexity index is 1340. The molecule has 212 valence electrons. The van der Waals surface area contributed by atoms with E-state index < -0.39 is 18.0 Å². The molecule has 0 saturated heterocycles. The van der Waals surface area contributed by atoms with Crippen molar-refractivity contribution < 1.29 is 27.5 Å². The number of unbranched alkanes of at least 4 members (excludes halogenated alkanes) is 1. The minimum absolute atomic E-state index is 0.0445. The number of hydrogen-bond acceptors (Lipinski definition) is 9. The summed E-state index contributed by atoms with van der Waals surface area (Å²) in [6, 6.07) is 8.69. The van der Waals surface area contributed by atoms with Crippen LogP contribution in [0, 0.1) is 0 Å². The van der Waals surface area contributed by atoms with Gasteiger partial charge in [-0.3, -0.25) is 14.6 Å². The van der Waals surface area contributed by atoms with Crippen molar-refractivity contribution >= 4 is 28.3 Å². The fourth-order valence-corrected chi connectivity index (χ4v) is 4.22. The van der Waals surface area contributed by atoms with Gasteiger partial charge in [0, 0.05) is 24.5 Å². The topological polar surface area (TPSA) is 158 Å². The molecule has 6 N–H and O–H groups in total. The molecule has 0 aliphatic rings. The van der Waals surface area contributed by atoms with E-state index in [0.717, 1.165) is 35.5 Å². The molecule has 0 spiro atoms. The zero-order chi connectivity index (χ0) is 29.0. The third-order valence-corrected chi connectivity index (χ3v) is 6.09. The molecule has 2 heterocycles. The summed E-state index contributed by atoms with van der Waals surface area (Å²) in [5.41, 5.74) is 13.6. The highest BCUT2D eigenvalue weighted by atomic mass is 32.1. The minimum Gasteiger partial charge on any atom is -0.406 e. The zero-order valence-corrected chi connectivity index (χ0v) is 22.1. The summed E-state index contributed by atoms with van der Waals surface area (Å²) < 4.78 is 41.0. The van der Waals surface area contributed by atoms with Crippen LogP contribution in [0.25, 0.3) is 0 Å². The predicted octanol–water partition coefficient (Wildman–Crippen LogP) is 3.73. The highest BCUT2D eigenvalue weighted by Gasteiger charge is 2.31. The first-order chi connectivity index (χ1) is 19.1. The number of pyridine rings is 1. The second kappa shape index (κ2) is 14.6. The molecule has 2 amide bonds. The predicted molar refractivity (Wildman–Crippen MR) is 144 cm³/mol. The lowest BCUT2D eigenvalue weighted by Crippen LogP contribution is -2.28. The van der Waals surface area contributed by atoms with E-state index in [2.05, 4.69) is 30.6 Å². The fourth-order valence-electron chi connectivity index (χ4n) is 3.42. The number of nitrogens with zero attached hydrogens (tertiary/aromatic N) is 3. The van der Waals surface area contributed by atoms with Crippen LogP contribution in [0.15, 0.2) is 72.5 Å². The number of nitrogens with one attached hydrogen (secondary N) is 2. The van der Waals surface area contributed by atoms with Gasteiger partial charge in [-0.05, 0) is 66.8 Å². The molecule has 40 heavy (non-hydrogen) atoms. The highest BCUT2D eigenvalue weighted by molar-refractivity contribution is 7.15. The molecule has 1 aromatic carbocycles. The number of alkyl halides is 3. The number of allylic oxidation sites excluding steroid dienone is 3. The first kappa shape index (κ1) is 30.1. The van der Waals surface area contributed by atoms with Gasteiger partial charge in [-0.2, -0.15) is 0 Å². The van der Waals surface area contributed by atoms with Gasteiger partial charge in [0.2, 0.25) is 16.9 Å². The molecular weight excluding hydrogens is 547 g/mol. The van der Waals surface area contributed by atoms with Crippen LogP contribution in [0.5, 0.6) is 5.75 Å². The number of rotatable bonds is 13. The smallest absolute Gasteiger partial charge is 0.406 e. The quantitative estimate of drug-likeness (QED) is 0.177. The minimum atomic E-state index is -4.82. The molecule has 0 saturated carbocycles. The standard InChI is InChI=1S/C26H28F3N7O3S/c27-26(28,29)39-20-6-3-4-18(14-20)16-22(37)33-21(31)9-8-19(30)5-1-2-7-24-35-36-25(40-24)34-23(38)15-17-10-12-32-13-11-17/h3-4,6,8-14H,1-2,5,7,15-16,30-31H2,(H,33,37)(H,34,36,38)/b19-8-,21-9+. The molecule has 10 nitrogen and oxygen atoms in total. The number of amides is 2. The fraction of sp³-hybridized carbons (Fsp3) is 0.269. The Hall–Kier alpha value is -4.46. The number of aromatic nitrogens is 3. The second-order valence-corrected chi connectivity index (χ2v) is 9.63. The number of carbonyl (C=O) groups excluding carboxylic acids is 2. The van der Waals surface area contributed by atoms with Gasteiger partial charge in [0.05, 0.1) is 12.8 Å². The maximum Gasteiger partial charge on any atom is 0.573 e. The van der Waals surface area contributed by atoms with Crippen LogP contribution in [-0.4, -0.2) is 33.4 Å². The van der Waals surface area contributed by atoms with Gasteiger partial charge >= 0.3 is 6.36 Å². The first-order valence-electron chi connectivity index (χ1n) is 12.1. The zero-order valence-electron chi connectivity index (χ0n) is 21.3. The SMILES string of the molecule is N/C(=C\C=C(/N)NC(=O)Cc1cccc(OC(F)(F)F)c1)CCCCc1nnc(NC(=O)Cc2ccncc2)s1. The lowest BCUT2D eigenvalue weighted by Gasteiger charge is -2.10. The molecule has 0 atom stereocenters. The average molecular weight is 576 g/mol. The van der Waals surface area contributed by atoms with Gasteiger partial charge in [0.25, 0.3) is 0 Å². The average Bonchev–Trinajstić information content (AvgIpc) is 3.32. The van der Waals surface area contributed by atoms with Gasteiger partial charge < -0.3 is 26.8 Å². The molecule has 3 aromatic rings. The van der Waals surface area contributed by atoms with E-state index in [1.165, 1.54) is 29.5 Å². The highest BCUT2D eigenvalue weighted by Crippen LogP contribution is 2.23. The van der Waals surface area contributed by atoms with Crippen LogP contribution in [0.4, 0.5) is 18.3 Å². The molecule has 14 heteroatoms. The third kappa shape index (κ3) is 11.5. The van der Waals surface area contributed by atoms with Gasteiger partial charge in [-0.15, -0.1) is 23.4 Å². The summed E-state index contributed by atoms with van der Waals surface area (Å²) in [5.74, 6) is -1.05. The first-order valence-corrected chi connectivity index (χ1v) is 12.9. The van der Waals surface area contributed by atoms with Crippen molar-refractivity contribution in [1.29, 1.82) is 0 Å². The maximum absolute atomic E-state index is 12.4. The van der Waals surface area contributed by atoms with Crippen molar-refractivity contribution in [3.8, 4) is 5.75 Å². The van der Waals surface area contributed by atoms with Crippen molar-refractivity contribution in [3.63, 3.8) is 0 Å². The number of nitrogens with two attached hydrogens (primary N) is 2. The normalized spacial score (nSPS) is 12.2. The summed E-state index contributed by atoms with van der Waals surface area (Å²) in [5, 5.41) is 14.6. The van der Waals surface area contributed by atoms with Crippen molar-refractivity contribution in [2.75, 3.05) is 5.32 Å². The number of anilines is 1. The number of halogens is 3. The Labute approximate surface area is 232 Å². The number of carbonyl (C=O) groups is 2. The van der Waals surface area contributed by atoms with Gasteiger partial charge in [0.15, 0.2) is 0 Å². The number of aryl methyl sites for hydroxylation is 1. The van der Waals surface area contributed by atoms with Crippen molar-refractivity contribution in [2.45, 2.75) is 44.9 Å². The van der Waals surface area contributed by atoms with E-state index in [4.69, 9.17) is 11.5 Å². The summed E-state index contributed by atoms with van der Waals surface area (Å²) in [7, 11) is 0. The molecule has 3 rings (SSSR count). The van der Waals surface area contributed by atoms with Gasteiger partial charge in [0.1, 0.15) is 16.6 Å². The Morgan fingerprint density at radius 2 is 1.73 bits per heavy atom. The lowest BCUT2D eigenvalue weighted by molar-refractivity contribution is -0.274. The summed E-state index contributed by atoms with van der Waals surface area (Å²) in [4.78, 5) is 28.2. The van der Waals surface area contributed by atoms with Crippen LogP contribution in [-0.2, 0) is 28.9 Å². The Morgan fingerprint density at radius 1 is 0.975 bits per heavy atom. The largest absolute Gasteiger partial charge is 0.573 e. The summed E-state index contributed by atoms with van der Waals surface area (Å²) in [6.45, 7) is 0. The number of ether oxygens (including phenoxy) is 1. The number of benzene rings is 1. The second-order valence-electron chi connectivity index (χ2n) is 8.57. The van der Waals surface area contributed by atoms with E-state index in [-0.39, 0.29) is 24.6 Å². The van der Waals surface area contributed by atoms with E-state index >= 15 is 0 Å². The van der Waals surface area contributed by atoms with Crippen molar-refractivity contribution in [1.82, 2.24) is 20.5 Å². The molecule has 0 fully saturated rings. The monoisotopic (exact) mass is 575 g/mol. The van der Waals surface area contributed by atoms with Gasteiger partial charge in [-0.25, -0.2) is 0 Å². The van der Waals surface area contributed by atoms with Crippen molar-refractivity contribution in [2.24, 2.45) is 11.5 Å². The van der Waals surface area contributed by atoms with Crippen LogP contribution in [0.2, 0.25) is 0 Å². The number of hydrogen-bond donors (Lipinski definition) is 4. The van der Waals surface area contributed by atoms with E-state index in [1.54, 1.807) is 30.6 Å². The molecular formula is C26H28F3N7O3S. The van der Waals surface area contributed by atoms with Gasteiger partial charge in [-0.1, -0.05) is 23.5 Å². The molecule has 0 aliphatic heterocycles. The molecule has 2 aromatic heterocycles. The summed E-state index contributed by atoms with van der Waals surface area (Å²) in [6.07, 6.45) is 4.31. The summed E-state index contributed by atoms with van der Waals surface area (Å²) >= 11 is 1.32. The van der Waals surface area contributed by atoms with Crippen LogP contribution < -0.4 is 26.8 Å². The molecule has 0 bridgehead atoms. The Morgan fingerprint density at radius 3 is 2.48 bits per heavy atom. The lowest BCUT2D eigenvalue weighted by atomic mass is 10.1. The van der Waals surface area contributed by atoms with Crippen LogP contribution in [0.1, 0.15) is 35.4 Å².